The molecule has 43 heavy (non-hydrogen) atoms. The van der Waals surface area contributed by atoms with E-state index in [0.29, 0.717) is 24.2 Å². The summed E-state index contributed by atoms with van der Waals surface area (Å²) in [5.41, 5.74) is 3.72. The zero-order valence-electron chi connectivity index (χ0n) is 24.2. The lowest BCUT2D eigenvalue weighted by Gasteiger charge is -2.29. The second-order valence-electron chi connectivity index (χ2n) is 10.4. The molecule has 0 aliphatic rings. The van der Waals surface area contributed by atoms with E-state index in [-0.39, 0.29) is 33.8 Å². The van der Waals surface area contributed by atoms with Crippen molar-refractivity contribution >= 4 is 18.1 Å². The lowest BCUT2D eigenvalue weighted by molar-refractivity contribution is 0.0948. The number of hydrogen-bond acceptors (Lipinski definition) is 4. The molecule has 0 saturated carbocycles. The van der Waals surface area contributed by atoms with Crippen LogP contribution in [-0.2, 0) is 7.05 Å². The molecule has 5 rings (SSSR count). The first-order chi connectivity index (χ1) is 20.9. The number of likely N-dealkylation sites (N-methyl/N-ethyl adjacent to an activating group) is 1. The average molecular weight is 571 g/mol. The van der Waals surface area contributed by atoms with Gasteiger partial charge in [-0.1, -0.05) is 103 Å². The zero-order valence-corrected chi connectivity index (χ0v) is 24.2. The highest BCUT2D eigenvalue weighted by atomic mass is 16.2. The molecule has 0 radical (unpaired) electrons. The number of carbonyl (C=O) groups excluding carboxylic acids is 1. The molecule has 0 spiro atoms. The number of H-pyrrole nitrogens is 1. The Morgan fingerprint density at radius 3 is 1.91 bits per heavy atom. The first-order valence-electron chi connectivity index (χ1n) is 14.2. The summed E-state index contributed by atoms with van der Waals surface area (Å²) in [6.45, 7) is 1.13. The van der Waals surface area contributed by atoms with Crippen LogP contribution in [0.15, 0.2) is 125 Å². The van der Waals surface area contributed by atoms with Crippen LogP contribution in [0.4, 0.5) is 0 Å². The summed E-state index contributed by atoms with van der Waals surface area (Å²) in [5.74, 6) is -0.180. The molecule has 0 fully saturated rings. The van der Waals surface area contributed by atoms with Gasteiger partial charge in [0.15, 0.2) is 0 Å². The number of aromatic nitrogens is 2. The number of nitrogens with one attached hydrogen (secondary N) is 2. The Labute approximate surface area is 250 Å². The lowest BCUT2D eigenvalue weighted by atomic mass is 9.97. The van der Waals surface area contributed by atoms with E-state index in [0.717, 1.165) is 5.56 Å². The fourth-order valence-corrected chi connectivity index (χ4v) is 5.10. The summed E-state index contributed by atoms with van der Waals surface area (Å²) < 4.78 is 1.34. The Morgan fingerprint density at radius 2 is 1.33 bits per heavy atom. The van der Waals surface area contributed by atoms with Gasteiger partial charge in [-0.15, -0.1) is 0 Å². The highest BCUT2D eigenvalue weighted by molar-refractivity contribution is 5.94. The van der Waals surface area contributed by atoms with Gasteiger partial charge < -0.3 is 14.9 Å². The van der Waals surface area contributed by atoms with E-state index in [4.69, 9.17) is 0 Å². The number of nitrogens with zero attached hydrogens (tertiary/aromatic N) is 2. The van der Waals surface area contributed by atoms with Gasteiger partial charge >= 0.3 is 0 Å². The number of rotatable bonds is 9. The first-order valence-corrected chi connectivity index (χ1v) is 14.2. The van der Waals surface area contributed by atoms with Gasteiger partial charge in [0.25, 0.3) is 17.0 Å². The van der Waals surface area contributed by atoms with Crippen LogP contribution >= 0.6 is 0 Å². The fraction of sp³-hybridized carbons (Fsp3) is 0.139. The first kappa shape index (κ1) is 29.2. The average Bonchev–Trinajstić information content (AvgIpc) is 3.04. The summed E-state index contributed by atoms with van der Waals surface area (Å²) in [6, 6.07) is 37.0. The Bertz CT molecular complexity index is 1880. The van der Waals surface area contributed by atoms with Crippen LogP contribution < -0.4 is 27.1 Å². The monoisotopic (exact) mass is 570 g/mol. The lowest BCUT2D eigenvalue weighted by Crippen LogP contribution is -2.52. The highest BCUT2D eigenvalue weighted by Gasteiger charge is 2.19. The highest BCUT2D eigenvalue weighted by Crippen LogP contribution is 2.27. The Kier molecular flexibility index (Phi) is 9.24. The zero-order chi connectivity index (χ0) is 30.2. The molecule has 1 heterocycles. The van der Waals surface area contributed by atoms with Gasteiger partial charge in [-0.25, -0.2) is 0 Å². The van der Waals surface area contributed by atoms with E-state index in [1.54, 1.807) is 43.5 Å². The minimum absolute atomic E-state index is 0.0681. The molecule has 0 atom stereocenters. The van der Waals surface area contributed by atoms with Gasteiger partial charge in [-0.2, -0.15) is 0 Å². The van der Waals surface area contributed by atoms with Gasteiger partial charge in [-0.05, 0) is 53.6 Å². The summed E-state index contributed by atoms with van der Waals surface area (Å²) in [5, 5.41) is 3.45. The minimum atomic E-state index is -0.361. The molecular weight excluding hydrogens is 536 g/mol. The summed E-state index contributed by atoms with van der Waals surface area (Å²) in [7, 11) is 3.64. The van der Waals surface area contributed by atoms with Gasteiger partial charge in [0.2, 0.25) is 0 Å². The maximum atomic E-state index is 13.0. The Hall–Kier alpha value is -5.27. The van der Waals surface area contributed by atoms with Crippen molar-refractivity contribution in [3.8, 4) is 0 Å². The van der Waals surface area contributed by atoms with Crippen LogP contribution in [0, 0.1) is 0 Å². The second kappa shape index (κ2) is 13.6. The van der Waals surface area contributed by atoms with Crippen molar-refractivity contribution in [1.29, 1.82) is 0 Å². The van der Waals surface area contributed by atoms with Crippen LogP contribution in [0.5, 0.6) is 0 Å². The number of hydrogen-bond donors (Lipinski definition) is 2. The third-order valence-electron chi connectivity index (χ3n) is 7.39. The van der Waals surface area contributed by atoms with Crippen LogP contribution in [0.3, 0.4) is 0 Å². The van der Waals surface area contributed by atoms with E-state index >= 15 is 0 Å². The van der Waals surface area contributed by atoms with Gasteiger partial charge in [-0.3, -0.25) is 19.3 Å². The topological polar surface area (TPSA) is 87.2 Å². The van der Waals surface area contributed by atoms with Crippen molar-refractivity contribution in [2.75, 3.05) is 20.1 Å². The van der Waals surface area contributed by atoms with Crippen molar-refractivity contribution in [3.05, 3.63) is 174 Å². The maximum Gasteiger partial charge on any atom is 0.274 e. The molecule has 0 bridgehead atoms. The van der Waals surface area contributed by atoms with Gasteiger partial charge in [0.1, 0.15) is 10.7 Å². The molecule has 1 aromatic heterocycles. The largest absolute Gasteiger partial charge is 0.351 e. The number of carbonyl (C=O) groups is 1. The number of aromatic amines is 1. The van der Waals surface area contributed by atoms with Crippen molar-refractivity contribution < 1.29 is 4.79 Å². The molecule has 5 aromatic rings. The predicted octanol–water partition coefficient (Wildman–Crippen LogP) is 3.18. The molecule has 7 heteroatoms. The van der Waals surface area contributed by atoms with E-state index in [1.807, 2.05) is 66.7 Å². The van der Waals surface area contributed by atoms with Gasteiger partial charge in [0, 0.05) is 25.7 Å². The van der Waals surface area contributed by atoms with E-state index in [2.05, 4.69) is 46.5 Å². The normalized spacial score (nSPS) is 12.2. The third-order valence-corrected chi connectivity index (χ3v) is 7.39. The molecule has 0 unspecified atom stereocenters. The van der Waals surface area contributed by atoms with Crippen LogP contribution in [-0.4, -0.2) is 40.5 Å². The smallest absolute Gasteiger partial charge is 0.274 e. The summed E-state index contributed by atoms with van der Waals surface area (Å²) in [4.78, 5) is 43.6. The molecule has 0 aliphatic carbocycles. The molecule has 4 aromatic carbocycles. The minimum Gasteiger partial charge on any atom is -0.351 e. The predicted molar refractivity (Wildman–Crippen MR) is 171 cm³/mol. The van der Waals surface area contributed by atoms with Crippen LogP contribution in [0.25, 0.3) is 12.2 Å². The van der Waals surface area contributed by atoms with Crippen molar-refractivity contribution in [2.24, 2.45) is 7.05 Å². The molecule has 1 amide bonds. The SMILES string of the molecule is CN(CCNC(=O)c1ccc(C=c2[nH]c(=O)c(=Cc3ccccc3)n(C)c2=O)cc1)C(c1ccccc1)c1ccccc1. The van der Waals surface area contributed by atoms with Crippen molar-refractivity contribution in [2.45, 2.75) is 6.04 Å². The molecule has 0 aliphatic heterocycles. The van der Waals surface area contributed by atoms with E-state index in [1.165, 1.54) is 15.7 Å². The van der Waals surface area contributed by atoms with Crippen molar-refractivity contribution in [1.82, 2.24) is 19.8 Å². The van der Waals surface area contributed by atoms with E-state index < -0.39 is 0 Å². The van der Waals surface area contributed by atoms with Crippen LogP contribution in [0.1, 0.15) is 38.7 Å². The second-order valence-corrected chi connectivity index (χ2v) is 10.4. The van der Waals surface area contributed by atoms with Crippen molar-refractivity contribution in [3.63, 3.8) is 0 Å². The molecule has 216 valence electrons. The molecule has 0 saturated heterocycles. The number of benzene rings is 4. The van der Waals surface area contributed by atoms with Crippen LogP contribution in [0.2, 0.25) is 0 Å². The maximum absolute atomic E-state index is 13.0. The molecule has 7 nitrogen and oxygen atoms in total. The van der Waals surface area contributed by atoms with E-state index in [9.17, 15) is 14.4 Å². The standard InChI is InChI=1S/C36H34N4O3/c1-39(33(28-14-8-4-9-15-28)29-16-10-5-11-17-29)23-22-37-34(41)30-20-18-27(19-21-30)24-31-36(43)40(2)32(35(42)38-31)25-26-12-6-3-7-13-26/h3-21,24-25,33H,22-23H2,1-2H3,(H,37,41)(H,38,42). The number of amides is 1. The summed E-state index contributed by atoms with van der Waals surface area (Å²) in [6.07, 6.45) is 3.29. The molecular formula is C36H34N4O3. The Balaban J connectivity index is 1.26. The quantitative estimate of drug-likeness (QED) is 0.285. The Morgan fingerprint density at radius 1 is 0.791 bits per heavy atom. The molecule has 2 N–H and O–H groups in total. The third kappa shape index (κ3) is 7.15. The fourth-order valence-electron chi connectivity index (χ4n) is 5.10. The summed E-state index contributed by atoms with van der Waals surface area (Å²) >= 11 is 0. The van der Waals surface area contributed by atoms with Gasteiger partial charge in [0.05, 0.1) is 6.04 Å².